The average molecular weight is 248 g/mol. The first-order valence-corrected chi connectivity index (χ1v) is 6.76. The van der Waals surface area contributed by atoms with E-state index < -0.39 is 0 Å². The zero-order chi connectivity index (χ0) is 13.7. The monoisotopic (exact) mass is 248 g/mol. The van der Waals surface area contributed by atoms with Crippen molar-refractivity contribution in [3.63, 3.8) is 0 Å². The van der Waals surface area contributed by atoms with Crippen LogP contribution in [0, 0.1) is 0 Å². The summed E-state index contributed by atoms with van der Waals surface area (Å²) in [6.07, 6.45) is 5.13. The van der Waals surface area contributed by atoms with E-state index in [1.165, 1.54) is 22.3 Å². The summed E-state index contributed by atoms with van der Waals surface area (Å²) in [6.45, 7) is 8.24. The lowest BCUT2D eigenvalue weighted by atomic mass is 10.00. The molecule has 0 fully saturated rings. The number of rotatable bonds is 4. The van der Waals surface area contributed by atoms with Gasteiger partial charge in [0, 0.05) is 0 Å². The van der Waals surface area contributed by atoms with Gasteiger partial charge < -0.3 is 0 Å². The Hall–Kier alpha value is -2.08. The molecular formula is C19H20. The van der Waals surface area contributed by atoms with E-state index in [9.17, 15) is 0 Å². The smallest absolute Gasteiger partial charge is 0.0184 e. The molecule has 96 valence electrons. The van der Waals surface area contributed by atoms with Crippen LogP contribution in [0.5, 0.6) is 0 Å². The van der Waals surface area contributed by atoms with Crippen molar-refractivity contribution in [1.82, 2.24) is 0 Å². The topological polar surface area (TPSA) is 0 Å². The van der Waals surface area contributed by atoms with Crippen molar-refractivity contribution in [3.8, 4) is 11.1 Å². The standard InChI is InChI=1S/C19H20/c1-4-6-15(3)17-11-13-19(14-12-17)18-9-7-16(5-2)8-10-18/h4,6-14H,3,5H2,1-2H3/b6-4-. The molecule has 0 heteroatoms. The summed E-state index contributed by atoms with van der Waals surface area (Å²) in [7, 11) is 0. The second kappa shape index (κ2) is 6.19. The molecule has 2 aromatic carbocycles. The molecule has 19 heavy (non-hydrogen) atoms. The molecule has 0 aliphatic carbocycles. The summed E-state index contributed by atoms with van der Waals surface area (Å²) in [5.74, 6) is 0. The molecule has 0 atom stereocenters. The fraction of sp³-hybridized carbons (Fsp3) is 0.158. The molecule has 2 rings (SSSR count). The van der Waals surface area contributed by atoms with Crippen LogP contribution in [0.25, 0.3) is 16.7 Å². The molecule has 0 bridgehead atoms. The Balaban J connectivity index is 2.24. The molecule has 0 N–H and O–H groups in total. The zero-order valence-electron chi connectivity index (χ0n) is 11.7. The predicted octanol–water partition coefficient (Wildman–Crippen LogP) is 5.51. The van der Waals surface area contributed by atoms with Gasteiger partial charge in [0.15, 0.2) is 0 Å². The van der Waals surface area contributed by atoms with E-state index >= 15 is 0 Å². The molecule has 0 unspecified atom stereocenters. The molecule has 0 spiro atoms. The molecule has 2 aromatic rings. The third kappa shape index (κ3) is 3.23. The maximum atomic E-state index is 4.05. The number of allylic oxidation sites excluding steroid dienone is 3. The Labute approximate surface area is 116 Å². The second-order valence-electron chi connectivity index (χ2n) is 4.65. The van der Waals surface area contributed by atoms with E-state index in [-0.39, 0.29) is 0 Å². The minimum atomic E-state index is 1.05. The van der Waals surface area contributed by atoms with E-state index in [1.807, 2.05) is 19.1 Å². The first-order chi connectivity index (χ1) is 9.24. The van der Waals surface area contributed by atoms with Crippen LogP contribution >= 0.6 is 0 Å². The minimum absolute atomic E-state index is 1.05. The van der Waals surface area contributed by atoms with Crippen molar-refractivity contribution in [2.45, 2.75) is 20.3 Å². The number of aryl methyl sites for hydroxylation is 1. The molecule has 0 nitrogen and oxygen atoms in total. The predicted molar refractivity (Wildman–Crippen MR) is 85.1 cm³/mol. The summed E-state index contributed by atoms with van der Waals surface area (Å²) >= 11 is 0. The van der Waals surface area contributed by atoms with Gasteiger partial charge in [-0.25, -0.2) is 0 Å². The first kappa shape index (κ1) is 13.4. The summed E-state index contributed by atoms with van der Waals surface area (Å²) in [5.41, 5.74) is 6.12. The number of hydrogen-bond acceptors (Lipinski definition) is 0. The molecule has 0 amide bonds. The van der Waals surface area contributed by atoms with Crippen molar-refractivity contribution in [2.75, 3.05) is 0 Å². The lowest BCUT2D eigenvalue weighted by molar-refractivity contribution is 1.14. The van der Waals surface area contributed by atoms with E-state index in [0.717, 1.165) is 12.0 Å². The highest BCUT2D eigenvalue weighted by atomic mass is 14.0. The maximum Gasteiger partial charge on any atom is -0.0184 e. The highest BCUT2D eigenvalue weighted by Crippen LogP contribution is 2.23. The third-order valence-electron chi connectivity index (χ3n) is 3.32. The van der Waals surface area contributed by atoms with Crippen LogP contribution in [-0.4, -0.2) is 0 Å². The highest BCUT2D eigenvalue weighted by Gasteiger charge is 1.99. The fourth-order valence-electron chi connectivity index (χ4n) is 2.11. The lowest BCUT2D eigenvalue weighted by Crippen LogP contribution is -1.83. The van der Waals surface area contributed by atoms with Crippen LogP contribution in [0.1, 0.15) is 25.0 Å². The normalized spacial score (nSPS) is 10.8. The van der Waals surface area contributed by atoms with Gasteiger partial charge in [0.25, 0.3) is 0 Å². The molecule has 0 heterocycles. The fourth-order valence-corrected chi connectivity index (χ4v) is 2.11. The Morgan fingerprint density at radius 1 is 0.947 bits per heavy atom. The van der Waals surface area contributed by atoms with Gasteiger partial charge in [-0.2, -0.15) is 0 Å². The third-order valence-corrected chi connectivity index (χ3v) is 3.32. The van der Waals surface area contributed by atoms with Gasteiger partial charge in [0.1, 0.15) is 0 Å². The number of benzene rings is 2. The molecular weight excluding hydrogens is 228 g/mol. The lowest BCUT2D eigenvalue weighted by Gasteiger charge is -2.05. The Kier molecular flexibility index (Phi) is 4.35. The van der Waals surface area contributed by atoms with Crippen molar-refractivity contribution in [2.24, 2.45) is 0 Å². The average Bonchev–Trinajstić information content (AvgIpc) is 2.48. The summed E-state index contributed by atoms with van der Waals surface area (Å²) in [6, 6.07) is 17.3. The molecule has 0 aromatic heterocycles. The SMILES string of the molecule is C=C(/C=C\C)c1ccc(-c2ccc(CC)cc2)cc1. The quantitative estimate of drug-likeness (QED) is 0.626. The molecule has 0 aliphatic heterocycles. The van der Waals surface area contributed by atoms with Crippen LogP contribution < -0.4 is 0 Å². The van der Waals surface area contributed by atoms with E-state index in [4.69, 9.17) is 0 Å². The van der Waals surface area contributed by atoms with E-state index in [1.54, 1.807) is 0 Å². The van der Waals surface area contributed by atoms with Crippen LogP contribution in [0.3, 0.4) is 0 Å². The molecule has 0 saturated heterocycles. The van der Waals surface area contributed by atoms with Crippen molar-refractivity contribution >= 4 is 5.57 Å². The van der Waals surface area contributed by atoms with Crippen molar-refractivity contribution in [3.05, 3.63) is 78.4 Å². The second-order valence-corrected chi connectivity index (χ2v) is 4.65. The Morgan fingerprint density at radius 2 is 1.47 bits per heavy atom. The van der Waals surface area contributed by atoms with Gasteiger partial charge in [0.05, 0.1) is 0 Å². The van der Waals surface area contributed by atoms with Gasteiger partial charge >= 0.3 is 0 Å². The molecule has 0 aliphatic rings. The minimum Gasteiger partial charge on any atom is -0.0912 e. The van der Waals surface area contributed by atoms with Gasteiger partial charge in [-0.15, -0.1) is 0 Å². The van der Waals surface area contributed by atoms with Crippen molar-refractivity contribution < 1.29 is 0 Å². The number of hydrogen-bond donors (Lipinski definition) is 0. The Morgan fingerprint density at radius 3 is 1.95 bits per heavy atom. The van der Waals surface area contributed by atoms with Crippen LogP contribution in [0.4, 0.5) is 0 Å². The van der Waals surface area contributed by atoms with Gasteiger partial charge in [-0.1, -0.05) is 74.2 Å². The first-order valence-electron chi connectivity index (χ1n) is 6.76. The van der Waals surface area contributed by atoms with E-state index in [0.29, 0.717) is 0 Å². The molecule has 0 radical (unpaired) electrons. The van der Waals surface area contributed by atoms with Crippen LogP contribution in [0.15, 0.2) is 67.3 Å². The molecule has 0 saturated carbocycles. The summed E-state index contributed by atoms with van der Waals surface area (Å²) in [5, 5.41) is 0. The highest BCUT2D eigenvalue weighted by molar-refractivity contribution is 5.74. The van der Waals surface area contributed by atoms with Gasteiger partial charge in [-0.3, -0.25) is 0 Å². The Bertz CT molecular complexity index is 568. The van der Waals surface area contributed by atoms with Crippen LogP contribution in [0.2, 0.25) is 0 Å². The van der Waals surface area contributed by atoms with Gasteiger partial charge in [0.2, 0.25) is 0 Å². The van der Waals surface area contributed by atoms with Crippen LogP contribution in [-0.2, 0) is 6.42 Å². The largest absolute Gasteiger partial charge is 0.0912 e. The zero-order valence-corrected chi connectivity index (χ0v) is 11.7. The van der Waals surface area contributed by atoms with Crippen molar-refractivity contribution in [1.29, 1.82) is 0 Å². The van der Waals surface area contributed by atoms with Gasteiger partial charge in [-0.05, 0) is 41.2 Å². The maximum absolute atomic E-state index is 4.05. The summed E-state index contributed by atoms with van der Waals surface area (Å²) in [4.78, 5) is 0. The van der Waals surface area contributed by atoms with E-state index in [2.05, 4.69) is 62.0 Å². The summed E-state index contributed by atoms with van der Waals surface area (Å²) < 4.78 is 0.